The first-order valence-corrected chi connectivity index (χ1v) is 1.92. The molecule has 0 bridgehead atoms. The molecule has 0 saturated carbocycles. The minimum absolute atomic E-state index is 0.253. The lowest BCUT2D eigenvalue weighted by Crippen LogP contribution is -2.14. The third-order valence-corrected chi connectivity index (χ3v) is 0.486. The van der Waals surface area contributed by atoms with Gasteiger partial charge < -0.3 is 5.73 Å². The number of nitriles is 1. The molecule has 0 fully saturated rings. The molecule has 8 heavy (non-hydrogen) atoms. The van der Waals surface area contributed by atoms with Crippen LogP contribution in [0.3, 0.4) is 0 Å². The fraction of sp³-hybridized carbons (Fsp3) is 0.250. The molecule has 0 aliphatic rings. The van der Waals surface area contributed by atoms with Crippen LogP contribution in [0.5, 0.6) is 0 Å². The SMILES string of the molecule is N#CC(=N)CC(N)=O. The maximum absolute atomic E-state index is 9.90. The zero-order chi connectivity index (χ0) is 6.57. The molecule has 0 rings (SSSR count). The molecule has 0 atom stereocenters. The molecule has 0 heterocycles. The van der Waals surface area contributed by atoms with Crippen molar-refractivity contribution in [1.82, 2.24) is 0 Å². The highest BCUT2D eigenvalue weighted by atomic mass is 16.1. The fourth-order valence-electron chi connectivity index (χ4n) is 0.214. The molecule has 4 heteroatoms. The Morgan fingerprint density at radius 1 is 1.88 bits per heavy atom. The van der Waals surface area contributed by atoms with Crippen LogP contribution >= 0.6 is 0 Å². The van der Waals surface area contributed by atoms with Crippen LogP contribution in [-0.2, 0) is 4.79 Å². The zero-order valence-electron chi connectivity index (χ0n) is 4.14. The monoisotopic (exact) mass is 111 g/mol. The summed E-state index contributed by atoms with van der Waals surface area (Å²) in [5, 5.41) is 14.5. The Morgan fingerprint density at radius 3 is 2.50 bits per heavy atom. The summed E-state index contributed by atoms with van der Waals surface area (Å²) in [6.07, 6.45) is -0.253. The van der Waals surface area contributed by atoms with Crippen LogP contribution in [0.4, 0.5) is 0 Å². The molecule has 0 aromatic carbocycles. The second kappa shape index (κ2) is 2.75. The van der Waals surface area contributed by atoms with Crippen molar-refractivity contribution in [3.63, 3.8) is 0 Å². The molecular weight excluding hydrogens is 106 g/mol. The lowest BCUT2D eigenvalue weighted by Gasteiger charge is -1.83. The van der Waals surface area contributed by atoms with E-state index < -0.39 is 5.91 Å². The summed E-state index contributed by atoms with van der Waals surface area (Å²) in [4.78, 5) is 9.90. The van der Waals surface area contributed by atoms with Crippen molar-refractivity contribution in [3.8, 4) is 6.07 Å². The fourth-order valence-corrected chi connectivity index (χ4v) is 0.214. The molecule has 42 valence electrons. The van der Waals surface area contributed by atoms with Gasteiger partial charge >= 0.3 is 0 Å². The highest BCUT2D eigenvalue weighted by Crippen LogP contribution is 1.76. The molecule has 0 aromatic rings. The molecular formula is C4H5N3O. The predicted octanol–water partition coefficient (Wildman–Crippen LogP) is -0.595. The molecule has 0 saturated heterocycles. The van der Waals surface area contributed by atoms with Crippen LogP contribution in [0, 0.1) is 16.7 Å². The Bertz CT molecular complexity index is 155. The Kier molecular flexibility index (Phi) is 2.28. The third kappa shape index (κ3) is 2.85. The average molecular weight is 111 g/mol. The van der Waals surface area contributed by atoms with Gasteiger partial charge in [0.15, 0.2) is 0 Å². The van der Waals surface area contributed by atoms with Gasteiger partial charge in [0, 0.05) is 0 Å². The molecule has 4 nitrogen and oxygen atoms in total. The number of nitrogens with zero attached hydrogens (tertiary/aromatic N) is 1. The first kappa shape index (κ1) is 6.63. The van der Waals surface area contributed by atoms with Gasteiger partial charge in [-0.05, 0) is 0 Å². The molecule has 3 N–H and O–H groups in total. The van der Waals surface area contributed by atoms with E-state index in [2.05, 4.69) is 5.73 Å². The Balaban J connectivity index is 3.61. The maximum Gasteiger partial charge on any atom is 0.224 e. The van der Waals surface area contributed by atoms with Gasteiger partial charge in [-0.3, -0.25) is 10.2 Å². The Labute approximate surface area is 46.4 Å². The molecule has 0 aliphatic carbocycles. The number of nitrogens with two attached hydrogens (primary N) is 1. The minimum atomic E-state index is -0.642. The van der Waals surface area contributed by atoms with Gasteiger partial charge in [0.1, 0.15) is 11.8 Å². The van der Waals surface area contributed by atoms with Crippen molar-refractivity contribution in [2.75, 3.05) is 0 Å². The first-order chi connectivity index (χ1) is 3.66. The van der Waals surface area contributed by atoms with Gasteiger partial charge in [-0.1, -0.05) is 0 Å². The van der Waals surface area contributed by atoms with Crippen molar-refractivity contribution >= 4 is 11.6 Å². The Morgan fingerprint density at radius 2 is 2.38 bits per heavy atom. The second-order valence-corrected chi connectivity index (χ2v) is 1.23. The molecule has 0 unspecified atom stereocenters. The van der Waals surface area contributed by atoms with Gasteiger partial charge in [0.25, 0.3) is 0 Å². The van der Waals surface area contributed by atoms with Gasteiger partial charge in [-0.25, -0.2) is 0 Å². The number of primary amides is 1. The molecule has 0 aromatic heterocycles. The van der Waals surface area contributed by atoms with Crippen LogP contribution in [0.2, 0.25) is 0 Å². The van der Waals surface area contributed by atoms with Gasteiger partial charge in [-0.2, -0.15) is 5.26 Å². The summed E-state index contributed by atoms with van der Waals surface area (Å²) in [5.74, 6) is -0.642. The minimum Gasteiger partial charge on any atom is -0.369 e. The number of hydrogen-bond donors (Lipinski definition) is 2. The van der Waals surface area contributed by atoms with E-state index in [4.69, 9.17) is 10.7 Å². The van der Waals surface area contributed by atoms with Crippen LogP contribution in [0.15, 0.2) is 0 Å². The van der Waals surface area contributed by atoms with Crippen molar-refractivity contribution in [1.29, 1.82) is 10.7 Å². The maximum atomic E-state index is 9.90. The number of nitrogens with one attached hydrogen (secondary N) is 1. The summed E-state index contributed by atoms with van der Waals surface area (Å²) in [6.45, 7) is 0. The topological polar surface area (TPSA) is 90.7 Å². The van der Waals surface area contributed by atoms with E-state index in [-0.39, 0.29) is 12.1 Å². The number of hydrogen-bond acceptors (Lipinski definition) is 3. The van der Waals surface area contributed by atoms with E-state index in [1.54, 1.807) is 0 Å². The van der Waals surface area contributed by atoms with E-state index in [9.17, 15) is 4.79 Å². The van der Waals surface area contributed by atoms with Crippen LogP contribution in [-0.4, -0.2) is 11.6 Å². The van der Waals surface area contributed by atoms with Crippen molar-refractivity contribution in [2.45, 2.75) is 6.42 Å². The van der Waals surface area contributed by atoms with Crippen LogP contribution in [0.1, 0.15) is 6.42 Å². The van der Waals surface area contributed by atoms with Crippen LogP contribution < -0.4 is 5.73 Å². The largest absolute Gasteiger partial charge is 0.369 e. The quantitative estimate of drug-likeness (QED) is 0.466. The normalized spacial score (nSPS) is 7.38. The van der Waals surface area contributed by atoms with Crippen molar-refractivity contribution in [2.24, 2.45) is 5.73 Å². The molecule has 1 amide bonds. The summed E-state index contributed by atoms with van der Waals surface area (Å²) < 4.78 is 0. The Hall–Kier alpha value is -1.37. The first-order valence-electron chi connectivity index (χ1n) is 1.92. The highest BCUT2D eigenvalue weighted by molar-refractivity contribution is 6.07. The summed E-state index contributed by atoms with van der Waals surface area (Å²) in [6, 6.07) is 1.48. The van der Waals surface area contributed by atoms with Gasteiger partial charge in [0.2, 0.25) is 5.91 Å². The second-order valence-electron chi connectivity index (χ2n) is 1.23. The van der Waals surface area contributed by atoms with E-state index in [0.29, 0.717) is 0 Å². The summed E-state index contributed by atoms with van der Waals surface area (Å²) in [5.41, 5.74) is 4.34. The molecule has 0 radical (unpaired) electrons. The van der Waals surface area contributed by atoms with E-state index in [0.717, 1.165) is 0 Å². The third-order valence-electron chi connectivity index (χ3n) is 0.486. The lowest BCUT2D eigenvalue weighted by atomic mass is 10.3. The average Bonchev–Trinajstić information content (AvgIpc) is 1.65. The highest BCUT2D eigenvalue weighted by Gasteiger charge is 1.97. The number of carbonyl (C=O) groups excluding carboxylic acids is 1. The number of carbonyl (C=O) groups is 1. The van der Waals surface area contributed by atoms with E-state index in [1.165, 1.54) is 6.07 Å². The standard InChI is InChI=1S/C4H5N3O/c5-2-3(6)1-4(7)8/h6H,1H2,(H2,7,8). The predicted molar refractivity (Wildman–Crippen MR) is 27.2 cm³/mol. The molecule has 0 aliphatic heterocycles. The number of amides is 1. The van der Waals surface area contributed by atoms with Crippen molar-refractivity contribution < 1.29 is 4.79 Å². The van der Waals surface area contributed by atoms with E-state index >= 15 is 0 Å². The zero-order valence-corrected chi connectivity index (χ0v) is 4.14. The van der Waals surface area contributed by atoms with Crippen molar-refractivity contribution in [3.05, 3.63) is 0 Å². The van der Waals surface area contributed by atoms with E-state index in [1.807, 2.05) is 0 Å². The number of rotatable bonds is 2. The summed E-state index contributed by atoms with van der Waals surface area (Å²) in [7, 11) is 0. The lowest BCUT2D eigenvalue weighted by molar-refractivity contribution is -0.116. The van der Waals surface area contributed by atoms with Gasteiger partial charge in [0.05, 0.1) is 6.42 Å². The molecule has 0 spiro atoms. The smallest absolute Gasteiger partial charge is 0.224 e. The van der Waals surface area contributed by atoms with Crippen LogP contribution in [0.25, 0.3) is 0 Å². The summed E-state index contributed by atoms with van der Waals surface area (Å²) >= 11 is 0. The van der Waals surface area contributed by atoms with Gasteiger partial charge in [-0.15, -0.1) is 0 Å².